The van der Waals surface area contributed by atoms with Gasteiger partial charge in [-0.1, -0.05) is 19.0 Å². The molecular formula is C14H26IN5O. The molecule has 0 spiro atoms. The highest BCUT2D eigenvalue weighted by Gasteiger charge is 2.36. The number of likely N-dealkylation sites (tertiary alicyclic amines) is 1. The molecule has 0 radical (unpaired) electrons. The van der Waals surface area contributed by atoms with Gasteiger partial charge in [0.25, 0.3) is 0 Å². The third kappa shape index (κ3) is 4.31. The van der Waals surface area contributed by atoms with Crippen molar-refractivity contribution in [2.45, 2.75) is 46.6 Å². The standard InChI is InChI=1S/C14H25N5O.HI/c1-5-14(6-2)7-8-19(10-14)13(15-4)16-9-12-17-11(3)20-18-12;/h5-10H2,1-4H3,(H,15,16);1H. The molecule has 1 fully saturated rings. The molecule has 1 aliphatic rings. The van der Waals surface area contributed by atoms with Crippen LogP contribution in [-0.4, -0.2) is 41.1 Å². The third-order valence-electron chi connectivity index (χ3n) is 4.42. The summed E-state index contributed by atoms with van der Waals surface area (Å²) >= 11 is 0. The summed E-state index contributed by atoms with van der Waals surface area (Å²) < 4.78 is 4.97. The van der Waals surface area contributed by atoms with Gasteiger partial charge >= 0.3 is 0 Å². The number of aryl methyl sites for hydroxylation is 1. The fourth-order valence-electron chi connectivity index (χ4n) is 2.85. The van der Waals surface area contributed by atoms with Gasteiger partial charge in [-0.3, -0.25) is 4.99 Å². The molecule has 0 atom stereocenters. The molecule has 21 heavy (non-hydrogen) atoms. The Morgan fingerprint density at radius 3 is 2.62 bits per heavy atom. The molecule has 0 saturated carbocycles. The minimum Gasteiger partial charge on any atom is -0.349 e. The zero-order chi connectivity index (χ0) is 14.6. The van der Waals surface area contributed by atoms with E-state index in [0.717, 1.165) is 19.0 Å². The number of hydrogen-bond donors (Lipinski definition) is 1. The second-order valence-corrected chi connectivity index (χ2v) is 5.51. The third-order valence-corrected chi connectivity index (χ3v) is 4.42. The maximum Gasteiger partial charge on any atom is 0.223 e. The molecule has 1 N–H and O–H groups in total. The van der Waals surface area contributed by atoms with Crippen LogP contribution in [0.25, 0.3) is 0 Å². The first-order valence-corrected chi connectivity index (χ1v) is 7.37. The summed E-state index contributed by atoms with van der Waals surface area (Å²) in [6.07, 6.45) is 3.68. The lowest BCUT2D eigenvalue weighted by Gasteiger charge is -2.27. The van der Waals surface area contributed by atoms with Crippen LogP contribution in [0.4, 0.5) is 0 Å². The molecule has 7 heteroatoms. The van der Waals surface area contributed by atoms with Crippen molar-refractivity contribution in [2.75, 3.05) is 20.1 Å². The van der Waals surface area contributed by atoms with E-state index in [-0.39, 0.29) is 24.0 Å². The summed E-state index contributed by atoms with van der Waals surface area (Å²) in [4.78, 5) is 10.9. The molecule has 6 nitrogen and oxygen atoms in total. The monoisotopic (exact) mass is 407 g/mol. The molecule has 1 aromatic rings. The Morgan fingerprint density at radius 2 is 2.14 bits per heavy atom. The van der Waals surface area contributed by atoms with E-state index in [1.165, 1.54) is 19.3 Å². The Kier molecular flexibility index (Phi) is 6.89. The summed E-state index contributed by atoms with van der Waals surface area (Å²) in [5.41, 5.74) is 0.445. The van der Waals surface area contributed by atoms with Gasteiger partial charge in [0.05, 0.1) is 6.54 Å². The Labute approximate surface area is 143 Å². The van der Waals surface area contributed by atoms with Gasteiger partial charge in [0.15, 0.2) is 11.8 Å². The first kappa shape index (κ1) is 18.2. The number of hydrogen-bond acceptors (Lipinski definition) is 4. The van der Waals surface area contributed by atoms with E-state index in [9.17, 15) is 0 Å². The number of guanidine groups is 1. The summed E-state index contributed by atoms with van der Waals surface area (Å²) in [6.45, 7) is 9.04. The topological polar surface area (TPSA) is 66.5 Å². The van der Waals surface area contributed by atoms with Crippen molar-refractivity contribution in [1.29, 1.82) is 0 Å². The highest BCUT2D eigenvalue weighted by molar-refractivity contribution is 14.0. The van der Waals surface area contributed by atoms with Crippen molar-refractivity contribution in [3.63, 3.8) is 0 Å². The van der Waals surface area contributed by atoms with E-state index in [1.807, 2.05) is 7.05 Å². The smallest absolute Gasteiger partial charge is 0.223 e. The molecule has 2 heterocycles. The Balaban J connectivity index is 0.00000220. The van der Waals surface area contributed by atoms with Crippen molar-refractivity contribution in [3.05, 3.63) is 11.7 Å². The molecule has 0 unspecified atom stereocenters. The number of nitrogens with zero attached hydrogens (tertiary/aromatic N) is 4. The van der Waals surface area contributed by atoms with Gasteiger partial charge in [-0.25, -0.2) is 0 Å². The highest BCUT2D eigenvalue weighted by atomic mass is 127. The average Bonchev–Trinajstić information content (AvgIpc) is 3.07. The predicted molar refractivity (Wildman–Crippen MR) is 93.9 cm³/mol. The van der Waals surface area contributed by atoms with Crippen LogP contribution in [0.3, 0.4) is 0 Å². The van der Waals surface area contributed by atoms with Gasteiger partial charge in [-0.15, -0.1) is 24.0 Å². The number of aliphatic imine (C=N–C) groups is 1. The van der Waals surface area contributed by atoms with E-state index in [1.54, 1.807) is 6.92 Å². The van der Waals surface area contributed by atoms with Crippen LogP contribution in [0.1, 0.15) is 44.8 Å². The number of aromatic nitrogens is 2. The molecule has 1 aliphatic heterocycles. The number of nitrogens with one attached hydrogen (secondary N) is 1. The van der Waals surface area contributed by atoms with E-state index in [4.69, 9.17) is 4.52 Å². The zero-order valence-electron chi connectivity index (χ0n) is 13.3. The van der Waals surface area contributed by atoms with Crippen LogP contribution >= 0.6 is 24.0 Å². The summed E-state index contributed by atoms with van der Waals surface area (Å²) in [5, 5.41) is 7.21. The Bertz CT molecular complexity index is 470. The van der Waals surface area contributed by atoms with Gasteiger partial charge in [0.1, 0.15) is 0 Å². The van der Waals surface area contributed by atoms with Gasteiger partial charge in [0.2, 0.25) is 5.89 Å². The van der Waals surface area contributed by atoms with Crippen LogP contribution in [0, 0.1) is 12.3 Å². The van der Waals surface area contributed by atoms with Crippen LogP contribution in [0.2, 0.25) is 0 Å². The molecular weight excluding hydrogens is 381 g/mol. The summed E-state index contributed by atoms with van der Waals surface area (Å²) in [7, 11) is 1.82. The van der Waals surface area contributed by atoms with E-state index in [2.05, 4.69) is 39.2 Å². The van der Waals surface area contributed by atoms with Crippen LogP contribution < -0.4 is 5.32 Å². The highest BCUT2D eigenvalue weighted by Crippen LogP contribution is 2.36. The van der Waals surface area contributed by atoms with E-state index in [0.29, 0.717) is 23.7 Å². The van der Waals surface area contributed by atoms with Crippen molar-refractivity contribution in [1.82, 2.24) is 20.4 Å². The summed E-state index contributed by atoms with van der Waals surface area (Å²) in [5.74, 6) is 2.19. The van der Waals surface area contributed by atoms with E-state index < -0.39 is 0 Å². The van der Waals surface area contributed by atoms with Crippen LogP contribution in [-0.2, 0) is 6.54 Å². The van der Waals surface area contributed by atoms with Crippen molar-refractivity contribution in [2.24, 2.45) is 10.4 Å². The van der Waals surface area contributed by atoms with Crippen molar-refractivity contribution in [3.8, 4) is 0 Å². The fourth-order valence-corrected chi connectivity index (χ4v) is 2.85. The molecule has 120 valence electrons. The molecule has 0 bridgehead atoms. The van der Waals surface area contributed by atoms with E-state index >= 15 is 0 Å². The molecule has 0 aliphatic carbocycles. The molecule has 1 aromatic heterocycles. The van der Waals surface area contributed by atoms with Gasteiger partial charge < -0.3 is 14.7 Å². The lowest BCUT2D eigenvalue weighted by molar-refractivity contribution is 0.276. The van der Waals surface area contributed by atoms with Gasteiger partial charge in [0, 0.05) is 27.1 Å². The first-order chi connectivity index (χ1) is 9.62. The second kappa shape index (κ2) is 7.95. The van der Waals surface area contributed by atoms with Gasteiger partial charge in [-0.2, -0.15) is 4.98 Å². The van der Waals surface area contributed by atoms with Crippen LogP contribution in [0.15, 0.2) is 9.52 Å². The Morgan fingerprint density at radius 1 is 1.43 bits per heavy atom. The fraction of sp³-hybridized carbons (Fsp3) is 0.786. The lowest BCUT2D eigenvalue weighted by Crippen LogP contribution is -2.41. The maximum atomic E-state index is 4.97. The first-order valence-electron chi connectivity index (χ1n) is 7.37. The second-order valence-electron chi connectivity index (χ2n) is 5.51. The summed E-state index contributed by atoms with van der Waals surface area (Å²) in [6, 6.07) is 0. The molecule has 1 saturated heterocycles. The average molecular weight is 407 g/mol. The molecule has 2 rings (SSSR count). The quantitative estimate of drug-likeness (QED) is 0.472. The number of halogens is 1. The lowest BCUT2D eigenvalue weighted by atomic mass is 9.82. The van der Waals surface area contributed by atoms with Crippen LogP contribution in [0.5, 0.6) is 0 Å². The number of rotatable bonds is 4. The molecule has 0 amide bonds. The SMILES string of the molecule is CCC1(CC)CCN(C(=NC)NCc2noc(C)n2)C1.I. The predicted octanol–water partition coefficient (Wildman–Crippen LogP) is 2.58. The van der Waals surface area contributed by atoms with Crippen molar-refractivity contribution < 1.29 is 4.52 Å². The van der Waals surface area contributed by atoms with Crippen molar-refractivity contribution >= 4 is 29.9 Å². The largest absolute Gasteiger partial charge is 0.349 e. The zero-order valence-corrected chi connectivity index (χ0v) is 15.7. The molecule has 0 aromatic carbocycles. The minimum atomic E-state index is 0. The minimum absolute atomic E-state index is 0. The van der Waals surface area contributed by atoms with Gasteiger partial charge in [-0.05, 0) is 24.7 Å². The normalized spacial score (nSPS) is 17.7. The maximum absolute atomic E-state index is 4.97. The Hall–Kier alpha value is -0.860.